The molecule has 0 fully saturated rings. The minimum absolute atomic E-state index is 0.140. The fourth-order valence-corrected chi connectivity index (χ4v) is 24.2. The highest BCUT2D eigenvalue weighted by Gasteiger charge is 2.39. The molecule has 0 radical (unpaired) electrons. The van der Waals surface area contributed by atoms with Gasteiger partial charge in [0, 0.05) is 121 Å². The number of aromatic nitrogens is 12. The van der Waals surface area contributed by atoms with Crippen molar-refractivity contribution >= 4 is 217 Å². The summed E-state index contributed by atoms with van der Waals surface area (Å²) < 4.78 is 28.7. The summed E-state index contributed by atoms with van der Waals surface area (Å²) in [4.78, 5) is 60.5. The highest BCUT2D eigenvalue weighted by molar-refractivity contribution is 7.26. The van der Waals surface area contributed by atoms with Crippen molar-refractivity contribution in [2.24, 2.45) is 0 Å². The van der Waals surface area contributed by atoms with E-state index < -0.39 is 0 Å². The standard InChI is InChI=1S/C43H26N4O.C40H20N4O2.C40H20N4OS/c1-43(2)31-16-7-6-13-28(31)35-29(15-9-17-32(35)43)40-45-39(24-10-4-3-5-11-24)46-41(47-40)30-22-25-19-18-23-12-8-14-26-27-20-21-44-42-36(27)37(38(30)48-42)34(25)33(23)26;1-2-8-22(9-3-1)37-42-38(27-13-7-15-30-33(27)26-11-4-5-14-29(26)45-30)44-39(43-37)28-20-23-17-16-21-10-6-12-24-25-18-19-41-40-34(25)35(36(28)46-40)32(23)31(21)24;1-2-8-22(9-3-1)37-42-38(27-13-7-15-30-33(27)26-11-4-5-14-29(26)46-30)44-39(43-37)28-20-23-17-16-21-10-6-12-24-25-18-19-41-40-34(25)35(36(28)45-40)32(23)31(21)24/h3-22H,1-2H3;2*1-20H. The molecule has 0 unspecified atom stereocenters. The van der Waals surface area contributed by atoms with Crippen LogP contribution in [0.15, 0.2) is 382 Å². The lowest BCUT2D eigenvalue weighted by molar-refractivity contribution is 0.655. The van der Waals surface area contributed by atoms with E-state index in [0.717, 1.165) is 159 Å². The van der Waals surface area contributed by atoms with Crippen LogP contribution in [0.4, 0.5) is 0 Å². The maximum absolute atomic E-state index is 6.69. The number of fused-ring (bicyclic) bond motifs is 12. The minimum Gasteiger partial charge on any atom is -0.456 e. The number of nitrogens with zero attached hydrogens (tertiary/aromatic N) is 12. The third kappa shape index (κ3) is 10.9. The first-order valence-corrected chi connectivity index (χ1v) is 47.6. The van der Waals surface area contributed by atoms with Crippen LogP contribution < -0.4 is 0 Å². The van der Waals surface area contributed by atoms with Gasteiger partial charge in [0.15, 0.2) is 52.4 Å². The molecular weight excluding hydrogens is 1740 g/mol. The predicted molar refractivity (Wildman–Crippen MR) is 566 cm³/mol. The van der Waals surface area contributed by atoms with E-state index in [1.54, 1.807) is 11.3 Å². The summed E-state index contributed by atoms with van der Waals surface area (Å²) >= 11 is 1.79. The maximum Gasteiger partial charge on any atom is 0.227 e. The predicted octanol–water partition coefficient (Wildman–Crippen LogP) is 32.1. The smallest absolute Gasteiger partial charge is 0.227 e. The van der Waals surface area contributed by atoms with Gasteiger partial charge >= 0.3 is 0 Å². The van der Waals surface area contributed by atoms with E-state index in [4.69, 9.17) is 67.5 Å². The Labute approximate surface area is 796 Å². The zero-order valence-corrected chi connectivity index (χ0v) is 75.4. The van der Waals surface area contributed by atoms with Crippen molar-refractivity contribution in [1.29, 1.82) is 0 Å². The fraction of sp³-hybridized carbons (Fsp3) is 0.0244. The Morgan fingerprint density at radius 2 is 0.543 bits per heavy atom. The van der Waals surface area contributed by atoms with E-state index in [2.05, 4.69) is 260 Å². The molecule has 0 aliphatic heterocycles. The van der Waals surface area contributed by atoms with Gasteiger partial charge in [-0.3, -0.25) is 0 Å². The van der Waals surface area contributed by atoms with Crippen LogP contribution in [0.2, 0.25) is 0 Å². The molecule has 0 spiro atoms. The second-order valence-electron chi connectivity index (χ2n) is 37.0. The van der Waals surface area contributed by atoms with Gasteiger partial charge in [-0.15, -0.1) is 11.3 Å². The molecule has 32 aromatic rings. The first-order chi connectivity index (χ1) is 69.2. The molecule has 140 heavy (non-hydrogen) atoms. The molecule has 0 N–H and O–H groups in total. The van der Waals surface area contributed by atoms with Crippen molar-refractivity contribution in [3.63, 3.8) is 0 Å². The lowest BCUT2D eigenvalue weighted by Gasteiger charge is -2.21. The fourth-order valence-electron chi connectivity index (χ4n) is 23.1. The molecule has 17 heteroatoms. The average molecular weight is 1810 g/mol. The summed E-state index contributed by atoms with van der Waals surface area (Å²) in [6.07, 6.45) is 5.51. The van der Waals surface area contributed by atoms with Crippen LogP contribution in [0.25, 0.3) is 319 Å². The van der Waals surface area contributed by atoms with Crippen LogP contribution in [-0.4, -0.2) is 59.8 Å². The van der Waals surface area contributed by atoms with Crippen LogP contribution >= 0.6 is 11.3 Å². The number of furan rings is 4. The lowest BCUT2D eigenvalue weighted by Crippen LogP contribution is -2.14. The molecule has 11 aromatic heterocycles. The second kappa shape index (κ2) is 28.7. The van der Waals surface area contributed by atoms with Crippen molar-refractivity contribution in [3.05, 3.63) is 376 Å². The summed E-state index contributed by atoms with van der Waals surface area (Å²) in [7, 11) is 0. The average Bonchev–Trinajstić information content (AvgIpc) is 1.52. The summed E-state index contributed by atoms with van der Waals surface area (Å²) in [5, 5.41) is 32.0. The van der Waals surface area contributed by atoms with Crippen molar-refractivity contribution in [2.45, 2.75) is 19.3 Å². The molecule has 0 saturated heterocycles. The summed E-state index contributed by atoms with van der Waals surface area (Å²) in [5.74, 6) is 5.34. The largest absolute Gasteiger partial charge is 0.456 e. The van der Waals surface area contributed by atoms with Gasteiger partial charge in [0.1, 0.15) is 27.9 Å². The van der Waals surface area contributed by atoms with E-state index in [-0.39, 0.29) is 5.41 Å². The van der Waals surface area contributed by atoms with Gasteiger partial charge in [-0.25, -0.2) is 59.8 Å². The van der Waals surface area contributed by atoms with Crippen LogP contribution in [0.1, 0.15) is 25.0 Å². The molecule has 0 atom stereocenters. The third-order valence-corrected chi connectivity index (χ3v) is 30.3. The Hall–Kier alpha value is -18.6. The number of hydrogen-bond acceptors (Lipinski definition) is 17. The van der Waals surface area contributed by atoms with Crippen LogP contribution in [0, 0.1) is 0 Å². The van der Waals surface area contributed by atoms with Gasteiger partial charge in [0.2, 0.25) is 17.1 Å². The summed E-state index contributed by atoms with van der Waals surface area (Å²) in [6, 6.07) is 120. The van der Waals surface area contributed by atoms with Crippen molar-refractivity contribution in [3.8, 4) is 114 Å². The van der Waals surface area contributed by atoms with Gasteiger partial charge in [-0.2, -0.15) is 0 Å². The van der Waals surface area contributed by atoms with Gasteiger partial charge in [-0.1, -0.05) is 299 Å². The molecule has 0 amide bonds. The van der Waals surface area contributed by atoms with E-state index >= 15 is 0 Å². The molecule has 1 aliphatic carbocycles. The molecule has 1 aliphatic rings. The van der Waals surface area contributed by atoms with Gasteiger partial charge in [-0.05, 0) is 164 Å². The van der Waals surface area contributed by atoms with E-state index in [1.165, 1.54) is 102 Å². The summed E-state index contributed by atoms with van der Waals surface area (Å²) in [6.45, 7) is 4.59. The quantitative estimate of drug-likeness (QED) is 0.0972. The number of para-hydroxylation sites is 1. The number of hydrogen-bond donors (Lipinski definition) is 0. The maximum atomic E-state index is 6.69. The topological polar surface area (TPSA) is 207 Å². The van der Waals surface area contributed by atoms with Gasteiger partial charge in [0.25, 0.3) is 0 Å². The van der Waals surface area contributed by atoms with E-state index in [1.807, 2.05) is 128 Å². The minimum atomic E-state index is -0.140. The molecule has 16 nitrogen and oxygen atoms in total. The molecule has 21 aromatic carbocycles. The molecule has 11 heterocycles. The zero-order chi connectivity index (χ0) is 91.6. The van der Waals surface area contributed by atoms with Crippen LogP contribution in [0.3, 0.4) is 0 Å². The monoisotopic (exact) mass is 1810 g/mol. The molecular formula is C123H66N12O4S. The SMILES string of the molecule is CC1(C)c2ccccc2-c2c(-c3nc(-c4ccccc4)nc(-c4cc5ccc6cccc7c8ccnc9oc4c(c98)c5c67)n3)cccc21.c1ccc(-c2nc(-c3cc4ccc5cccc6c7ccnc8oc3c(c87)c4c56)nc(-c3cccc4oc5ccccc5c34)n2)cc1.c1ccc(-c2nc(-c3cc4ccc5cccc6c7ccnc8oc3c(c87)c4c56)nc(-c3cccc4sc5ccccc5c34)n2)cc1. The first kappa shape index (κ1) is 76.8. The zero-order valence-electron chi connectivity index (χ0n) is 74.5. The van der Waals surface area contributed by atoms with Gasteiger partial charge < -0.3 is 17.7 Å². The first-order valence-electron chi connectivity index (χ1n) is 46.8. The van der Waals surface area contributed by atoms with E-state index in [0.29, 0.717) is 69.6 Å². The Morgan fingerprint density at radius 3 is 1.03 bits per heavy atom. The number of benzene rings is 21. The number of rotatable bonds is 9. The molecule has 33 rings (SSSR count). The van der Waals surface area contributed by atoms with Crippen molar-refractivity contribution < 1.29 is 17.7 Å². The summed E-state index contributed by atoms with van der Waals surface area (Å²) in [5.41, 5.74) is 18.6. The normalized spacial score (nSPS) is 12.8. The van der Waals surface area contributed by atoms with Crippen molar-refractivity contribution in [2.75, 3.05) is 0 Å². The molecule has 0 saturated carbocycles. The Morgan fingerprint density at radius 1 is 0.207 bits per heavy atom. The Balaban J connectivity index is 0.0000000968. The third-order valence-electron chi connectivity index (χ3n) is 29.1. The van der Waals surface area contributed by atoms with Crippen LogP contribution in [0.5, 0.6) is 0 Å². The van der Waals surface area contributed by atoms with Crippen LogP contribution in [-0.2, 0) is 5.41 Å². The number of pyridine rings is 3. The highest BCUT2D eigenvalue weighted by atomic mass is 32.1. The van der Waals surface area contributed by atoms with Gasteiger partial charge in [0.05, 0.1) is 32.8 Å². The molecule has 648 valence electrons. The second-order valence-corrected chi connectivity index (χ2v) is 38.1. The Kier molecular flexibility index (Phi) is 15.8. The lowest BCUT2D eigenvalue weighted by atomic mass is 9.82. The Bertz CT molecular complexity index is 10400. The molecule has 0 bridgehead atoms. The highest BCUT2D eigenvalue weighted by Crippen LogP contribution is 2.57. The van der Waals surface area contributed by atoms with E-state index in [9.17, 15) is 0 Å². The van der Waals surface area contributed by atoms with Crippen molar-refractivity contribution in [1.82, 2.24) is 59.8 Å². The number of thiophene rings is 1.